The Kier molecular flexibility index (Phi) is 3.26. The summed E-state index contributed by atoms with van der Waals surface area (Å²) in [5, 5.41) is 10.8. The van der Waals surface area contributed by atoms with Crippen LogP contribution in [0, 0.1) is 5.92 Å². The van der Waals surface area contributed by atoms with E-state index in [2.05, 4.69) is 20.8 Å². The molecule has 3 atom stereocenters. The van der Waals surface area contributed by atoms with Crippen LogP contribution in [0.25, 0.3) is 0 Å². The van der Waals surface area contributed by atoms with Crippen molar-refractivity contribution in [3.05, 3.63) is 53.1 Å². The zero-order valence-corrected chi connectivity index (χ0v) is 15.9. The van der Waals surface area contributed by atoms with Crippen LogP contribution < -0.4 is 9.47 Å². The number of rotatable bonds is 2. The van der Waals surface area contributed by atoms with Gasteiger partial charge in [0.25, 0.3) is 0 Å². The first-order chi connectivity index (χ1) is 12.8. The van der Waals surface area contributed by atoms with E-state index < -0.39 is 5.60 Å². The number of fused-ring (bicyclic) bond motifs is 1. The molecule has 2 aromatic rings. The Balaban J connectivity index is 1.75. The molecule has 1 aliphatic carbocycles. The highest BCUT2D eigenvalue weighted by Gasteiger charge is 2.55. The zero-order chi connectivity index (χ0) is 19.0. The molecule has 4 heteroatoms. The van der Waals surface area contributed by atoms with Gasteiger partial charge in [0.2, 0.25) is 5.78 Å². The SMILES string of the molecule is CC12CCC3C(C1)c1c(cc(O)c(C(=O)c4ccccc4)c1OC3(C)C)O2. The maximum Gasteiger partial charge on any atom is 0.200 e. The highest BCUT2D eigenvalue weighted by molar-refractivity contribution is 6.13. The van der Waals surface area contributed by atoms with Crippen LogP contribution in [-0.2, 0) is 0 Å². The van der Waals surface area contributed by atoms with Gasteiger partial charge in [-0.1, -0.05) is 30.3 Å². The molecule has 4 nitrogen and oxygen atoms in total. The van der Waals surface area contributed by atoms with Crippen molar-refractivity contribution in [1.29, 1.82) is 0 Å². The number of benzene rings is 2. The Bertz CT molecular complexity index is 947. The first-order valence-corrected chi connectivity index (χ1v) is 9.67. The molecular formula is C23H24O4. The second-order valence-corrected chi connectivity index (χ2v) is 8.92. The molecule has 2 bridgehead atoms. The van der Waals surface area contributed by atoms with E-state index >= 15 is 0 Å². The third-order valence-electron chi connectivity index (χ3n) is 6.63. The predicted molar refractivity (Wildman–Crippen MR) is 102 cm³/mol. The number of phenolic OH excluding ortho intramolecular Hbond substituents is 1. The second kappa shape index (κ2) is 5.28. The minimum atomic E-state index is -0.396. The molecule has 0 spiro atoms. The summed E-state index contributed by atoms with van der Waals surface area (Å²) in [5.41, 5.74) is 1.15. The zero-order valence-electron chi connectivity index (χ0n) is 15.9. The Morgan fingerprint density at radius 2 is 1.89 bits per heavy atom. The summed E-state index contributed by atoms with van der Waals surface area (Å²) in [4.78, 5) is 13.2. The molecule has 140 valence electrons. The van der Waals surface area contributed by atoms with E-state index in [0.29, 0.717) is 23.0 Å². The number of hydrogen-bond acceptors (Lipinski definition) is 4. The van der Waals surface area contributed by atoms with Gasteiger partial charge in [0.1, 0.15) is 34.0 Å². The first kappa shape index (κ1) is 16.7. The van der Waals surface area contributed by atoms with Crippen LogP contribution in [0.3, 0.4) is 0 Å². The smallest absolute Gasteiger partial charge is 0.200 e. The van der Waals surface area contributed by atoms with E-state index in [-0.39, 0.29) is 28.6 Å². The average Bonchev–Trinajstić information content (AvgIpc) is 2.60. The highest BCUT2D eigenvalue weighted by Crippen LogP contribution is 2.62. The number of ketones is 1. The van der Waals surface area contributed by atoms with Gasteiger partial charge in [0.05, 0.1) is 0 Å². The summed E-state index contributed by atoms with van der Waals surface area (Å²) in [6.45, 7) is 6.34. The van der Waals surface area contributed by atoms with Gasteiger partial charge in [-0.05, 0) is 40.0 Å². The highest BCUT2D eigenvalue weighted by atomic mass is 16.5. The van der Waals surface area contributed by atoms with E-state index in [1.807, 2.05) is 18.2 Å². The summed E-state index contributed by atoms with van der Waals surface area (Å²) in [6, 6.07) is 10.7. The Labute approximate surface area is 159 Å². The summed E-state index contributed by atoms with van der Waals surface area (Å²) < 4.78 is 12.7. The fraction of sp³-hybridized carbons (Fsp3) is 0.435. The number of carbonyl (C=O) groups is 1. The number of phenols is 1. The molecule has 1 saturated carbocycles. The minimum Gasteiger partial charge on any atom is -0.507 e. The van der Waals surface area contributed by atoms with Crippen LogP contribution in [-0.4, -0.2) is 22.1 Å². The van der Waals surface area contributed by atoms with Gasteiger partial charge in [-0.3, -0.25) is 4.79 Å². The lowest BCUT2D eigenvalue weighted by atomic mass is 9.61. The van der Waals surface area contributed by atoms with Crippen molar-refractivity contribution in [3.63, 3.8) is 0 Å². The fourth-order valence-corrected chi connectivity index (χ4v) is 5.34. The number of carbonyl (C=O) groups excluding carboxylic acids is 1. The van der Waals surface area contributed by atoms with Gasteiger partial charge in [0.15, 0.2) is 0 Å². The Morgan fingerprint density at radius 3 is 2.63 bits per heavy atom. The molecule has 5 rings (SSSR count). The van der Waals surface area contributed by atoms with Gasteiger partial charge >= 0.3 is 0 Å². The molecule has 2 aliphatic heterocycles. The van der Waals surface area contributed by atoms with E-state index in [0.717, 1.165) is 24.8 Å². The molecule has 0 amide bonds. The minimum absolute atomic E-state index is 0.0737. The van der Waals surface area contributed by atoms with E-state index in [1.165, 1.54) is 0 Å². The predicted octanol–water partition coefficient (Wildman–Crippen LogP) is 4.83. The topological polar surface area (TPSA) is 55.8 Å². The molecule has 27 heavy (non-hydrogen) atoms. The maximum absolute atomic E-state index is 13.2. The monoisotopic (exact) mass is 364 g/mol. The lowest BCUT2D eigenvalue weighted by molar-refractivity contribution is -0.0731. The number of ether oxygens (including phenoxy) is 2. The summed E-state index contributed by atoms with van der Waals surface area (Å²) in [7, 11) is 0. The Hall–Kier alpha value is -2.49. The largest absolute Gasteiger partial charge is 0.507 e. The van der Waals surface area contributed by atoms with Crippen molar-refractivity contribution in [3.8, 4) is 17.2 Å². The van der Waals surface area contributed by atoms with Gasteiger partial charge < -0.3 is 14.6 Å². The lowest BCUT2D eigenvalue weighted by Gasteiger charge is -2.55. The van der Waals surface area contributed by atoms with Crippen LogP contribution in [0.15, 0.2) is 36.4 Å². The molecule has 2 heterocycles. The standard InChI is InChI=1S/C23H24O4/c1-22(2)15-9-10-23(3)12-14(15)18-17(26-23)11-16(24)19(21(18)27-22)20(25)13-7-5-4-6-8-13/h4-8,11,14-15,24H,9-10,12H2,1-3H3. The second-order valence-electron chi connectivity index (χ2n) is 8.92. The third-order valence-corrected chi connectivity index (χ3v) is 6.63. The molecule has 2 aromatic carbocycles. The van der Waals surface area contributed by atoms with Crippen molar-refractivity contribution in [2.75, 3.05) is 0 Å². The molecule has 3 aliphatic rings. The van der Waals surface area contributed by atoms with E-state index in [9.17, 15) is 9.90 Å². The van der Waals surface area contributed by atoms with Gasteiger partial charge in [-0.25, -0.2) is 0 Å². The van der Waals surface area contributed by atoms with Crippen LogP contribution in [0.4, 0.5) is 0 Å². The van der Waals surface area contributed by atoms with E-state index in [1.54, 1.807) is 18.2 Å². The molecule has 1 fully saturated rings. The Morgan fingerprint density at radius 1 is 1.15 bits per heavy atom. The van der Waals surface area contributed by atoms with Crippen LogP contribution in [0.5, 0.6) is 17.2 Å². The van der Waals surface area contributed by atoms with Crippen LogP contribution in [0.2, 0.25) is 0 Å². The van der Waals surface area contributed by atoms with Crippen molar-refractivity contribution in [1.82, 2.24) is 0 Å². The van der Waals surface area contributed by atoms with E-state index in [4.69, 9.17) is 9.47 Å². The normalized spacial score (nSPS) is 29.4. The lowest BCUT2D eigenvalue weighted by Crippen LogP contribution is -2.54. The van der Waals surface area contributed by atoms with Gasteiger partial charge in [-0.2, -0.15) is 0 Å². The molecular weight excluding hydrogens is 340 g/mol. The average molecular weight is 364 g/mol. The number of aromatic hydroxyl groups is 1. The quantitative estimate of drug-likeness (QED) is 0.776. The summed E-state index contributed by atoms with van der Waals surface area (Å²) >= 11 is 0. The summed E-state index contributed by atoms with van der Waals surface area (Å²) in [5.74, 6) is 1.55. The van der Waals surface area contributed by atoms with Crippen molar-refractivity contribution >= 4 is 5.78 Å². The van der Waals surface area contributed by atoms with Crippen molar-refractivity contribution in [2.45, 2.75) is 57.2 Å². The number of hydrogen-bond donors (Lipinski definition) is 1. The maximum atomic E-state index is 13.2. The third kappa shape index (κ3) is 2.32. The van der Waals surface area contributed by atoms with Crippen molar-refractivity contribution in [2.24, 2.45) is 5.92 Å². The molecule has 1 N–H and O–H groups in total. The van der Waals surface area contributed by atoms with Crippen LogP contribution in [0.1, 0.15) is 67.4 Å². The fourth-order valence-electron chi connectivity index (χ4n) is 5.34. The van der Waals surface area contributed by atoms with Crippen molar-refractivity contribution < 1.29 is 19.4 Å². The van der Waals surface area contributed by atoms with Gasteiger partial charge in [-0.15, -0.1) is 0 Å². The molecule has 3 unspecified atom stereocenters. The molecule has 0 radical (unpaired) electrons. The molecule has 0 saturated heterocycles. The van der Waals surface area contributed by atoms with Gasteiger partial charge in [0, 0.05) is 29.0 Å². The first-order valence-electron chi connectivity index (χ1n) is 9.67. The molecule has 0 aromatic heterocycles. The summed E-state index contributed by atoms with van der Waals surface area (Å²) in [6.07, 6.45) is 2.94. The van der Waals surface area contributed by atoms with Crippen LogP contribution >= 0.6 is 0 Å².